The number of nitrogens with zero attached hydrogens (tertiary/aromatic N) is 1. The molecule has 2 bridgehead atoms. The molecular weight excluding hydrogens is 390 g/mol. The second-order valence-electron chi connectivity index (χ2n) is 11.6. The largest absolute Gasteiger partial charge is 0.341 e. The molecule has 4 fully saturated rings. The van der Waals surface area contributed by atoms with Gasteiger partial charge in [-0.3, -0.25) is 9.59 Å². The molecule has 12 atom stereocenters. The van der Waals surface area contributed by atoms with Crippen molar-refractivity contribution in [2.24, 2.45) is 47.3 Å². The minimum absolute atomic E-state index is 0.0484. The lowest BCUT2D eigenvalue weighted by atomic mass is 9.54. The number of fused-ring (bicyclic) bond motifs is 5. The van der Waals surface area contributed by atoms with Crippen molar-refractivity contribution in [3.8, 4) is 0 Å². The highest BCUT2D eigenvalue weighted by Gasteiger charge is 2.75. The minimum Gasteiger partial charge on any atom is -0.341 e. The van der Waals surface area contributed by atoms with Crippen LogP contribution in [0, 0.1) is 47.3 Å². The Hall–Kier alpha value is -1.20. The fraction of sp³-hybridized carbons (Fsp3) is 0.846. The summed E-state index contributed by atoms with van der Waals surface area (Å²) in [6.45, 7) is 13.1. The number of allylic oxidation sites excluding steroid dienone is 1. The number of rotatable bonds is 2. The Labute approximate surface area is 186 Å². The van der Waals surface area contributed by atoms with Gasteiger partial charge >= 0.3 is 0 Å². The predicted octanol–water partition coefficient (Wildman–Crippen LogP) is 4.06. The van der Waals surface area contributed by atoms with Gasteiger partial charge in [0, 0.05) is 18.9 Å². The van der Waals surface area contributed by atoms with Gasteiger partial charge in [-0.1, -0.05) is 46.3 Å². The van der Waals surface area contributed by atoms with Crippen LogP contribution in [0.5, 0.6) is 0 Å². The number of likely N-dealkylation sites (tertiary alicyclic amines) is 1. The molecule has 1 spiro atoms. The van der Waals surface area contributed by atoms with Gasteiger partial charge in [0.15, 0.2) is 11.7 Å². The normalized spacial score (nSPS) is 54.3. The fourth-order valence-electron chi connectivity index (χ4n) is 8.20. The summed E-state index contributed by atoms with van der Waals surface area (Å²) in [6.07, 6.45) is 7.61. The fourth-order valence-corrected chi connectivity index (χ4v) is 8.20. The van der Waals surface area contributed by atoms with Gasteiger partial charge in [0.05, 0.1) is 12.1 Å². The number of hydrogen-bond donors (Lipinski definition) is 0. The Morgan fingerprint density at radius 2 is 1.90 bits per heavy atom. The maximum atomic E-state index is 14.3. The van der Waals surface area contributed by atoms with E-state index >= 15 is 0 Å². The molecule has 5 rings (SSSR count). The highest BCUT2D eigenvalue weighted by Crippen LogP contribution is 2.61. The van der Waals surface area contributed by atoms with Crippen LogP contribution in [0.2, 0.25) is 0 Å². The van der Waals surface area contributed by atoms with Gasteiger partial charge in [0.25, 0.3) is 0 Å². The summed E-state index contributed by atoms with van der Waals surface area (Å²) >= 11 is 0. The molecule has 172 valence electrons. The number of likely N-dealkylation sites (N-methyl/N-ethyl adjacent to an activating group) is 1. The maximum absolute atomic E-state index is 14.3. The van der Waals surface area contributed by atoms with E-state index in [9.17, 15) is 9.59 Å². The Morgan fingerprint density at radius 3 is 2.58 bits per heavy atom. The van der Waals surface area contributed by atoms with Crippen LogP contribution < -0.4 is 0 Å². The smallest absolute Gasteiger partial charge is 0.238 e. The van der Waals surface area contributed by atoms with Crippen LogP contribution >= 0.6 is 0 Å². The molecule has 2 aliphatic carbocycles. The van der Waals surface area contributed by atoms with Crippen LogP contribution in [0.1, 0.15) is 60.8 Å². The van der Waals surface area contributed by atoms with E-state index < -0.39 is 17.3 Å². The number of ketones is 1. The van der Waals surface area contributed by atoms with Crippen LogP contribution in [0.15, 0.2) is 12.2 Å². The van der Waals surface area contributed by atoms with Crippen LogP contribution in [-0.4, -0.2) is 47.2 Å². The molecule has 3 saturated heterocycles. The lowest BCUT2D eigenvalue weighted by molar-refractivity contribution is -0.225. The summed E-state index contributed by atoms with van der Waals surface area (Å²) in [5.41, 5.74) is -0.615. The molecule has 31 heavy (non-hydrogen) atoms. The first-order valence-electron chi connectivity index (χ1n) is 12.4. The van der Waals surface area contributed by atoms with Crippen LogP contribution in [0.25, 0.3) is 0 Å². The third-order valence-electron chi connectivity index (χ3n) is 9.80. The van der Waals surface area contributed by atoms with Crippen LogP contribution in [0.4, 0.5) is 0 Å². The zero-order valence-electron chi connectivity index (χ0n) is 20.1. The van der Waals surface area contributed by atoms with Crippen LogP contribution in [-0.2, 0) is 19.1 Å². The summed E-state index contributed by atoms with van der Waals surface area (Å²) in [5.74, 6) is -0.279. The molecule has 0 aromatic heterocycles. The zero-order chi connectivity index (χ0) is 22.5. The highest BCUT2D eigenvalue weighted by molar-refractivity contribution is 6.06. The minimum atomic E-state index is -1.17. The van der Waals surface area contributed by atoms with Gasteiger partial charge in [-0.25, -0.2) is 0 Å². The average Bonchev–Trinajstić information content (AvgIpc) is 3.05. The number of ether oxygens (including phenoxy) is 2. The number of carbonyl (C=O) groups excluding carboxylic acids is 2. The van der Waals surface area contributed by atoms with Gasteiger partial charge in [-0.2, -0.15) is 0 Å². The van der Waals surface area contributed by atoms with Crippen molar-refractivity contribution in [2.45, 2.75) is 84.3 Å². The highest BCUT2D eigenvalue weighted by atomic mass is 16.8. The number of amides is 1. The maximum Gasteiger partial charge on any atom is 0.238 e. The third-order valence-corrected chi connectivity index (χ3v) is 9.80. The topological polar surface area (TPSA) is 55.8 Å². The first kappa shape index (κ1) is 21.6. The summed E-state index contributed by atoms with van der Waals surface area (Å²) in [4.78, 5) is 29.7. The summed E-state index contributed by atoms with van der Waals surface area (Å²) in [7, 11) is 1.83. The van der Waals surface area contributed by atoms with E-state index in [1.807, 2.05) is 7.05 Å². The van der Waals surface area contributed by atoms with Crippen molar-refractivity contribution >= 4 is 11.7 Å². The molecule has 0 aromatic rings. The third kappa shape index (κ3) is 2.62. The molecule has 0 unspecified atom stereocenters. The van der Waals surface area contributed by atoms with Crippen molar-refractivity contribution in [2.75, 3.05) is 7.05 Å². The van der Waals surface area contributed by atoms with E-state index in [0.717, 1.165) is 19.3 Å². The SMILES string of the molecule is CC[C@H](C)[C@@H]1N(C)C(=O)[C@H]2C(=O)[C@H]3[C@@H]4[C@H](C)C[C@H](C)C[C@@H]4C=C[C@@H]3[C@@]3(C)O[C@]21O[C@H]3C. The number of Topliss-reactive ketones (excluding diaryl/α,β-unsaturated/α-hetero) is 1. The summed E-state index contributed by atoms with van der Waals surface area (Å²) in [5, 5.41) is 0. The van der Waals surface area contributed by atoms with Gasteiger partial charge in [0.2, 0.25) is 11.7 Å². The Morgan fingerprint density at radius 1 is 1.19 bits per heavy atom. The van der Waals surface area contributed by atoms with Gasteiger partial charge in [0.1, 0.15) is 5.60 Å². The Kier molecular flexibility index (Phi) is 4.81. The van der Waals surface area contributed by atoms with Crippen molar-refractivity contribution in [1.82, 2.24) is 4.90 Å². The lowest BCUT2D eigenvalue weighted by Crippen LogP contribution is -2.55. The molecule has 0 radical (unpaired) electrons. The molecule has 5 heteroatoms. The van der Waals surface area contributed by atoms with E-state index in [0.29, 0.717) is 17.8 Å². The molecule has 1 saturated carbocycles. The monoisotopic (exact) mass is 429 g/mol. The lowest BCUT2D eigenvalue weighted by Gasteiger charge is -2.50. The van der Waals surface area contributed by atoms with E-state index in [-0.39, 0.29) is 47.5 Å². The van der Waals surface area contributed by atoms with E-state index in [1.165, 1.54) is 0 Å². The summed E-state index contributed by atoms with van der Waals surface area (Å²) in [6, 6.07) is -0.244. The van der Waals surface area contributed by atoms with Crippen molar-refractivity contribution in [1.29, 1.82) is 0 Å². The van der Waals surface area contributed by atoms with Crippen LogP contribution in [0.3, 0.4) is 0 Å². The second-order valence-corrected chi connectivity index (χ2v) is 11.6. The molecule has 5 nitrogen and oxygen atoms in total. The van der Waals surface area contributed by atoms with E-state index in [4.69, 9.17) is 9.47 Å². The molecule has 5 aliphatic rings. The molecule has 3 heterocycles. The molecular formula is C26H39NO4. The van der Waals surface area contributed by atoms with Crippen molar-refractivity contribution in [3.63, 3.8) is 0 Å². The number of hydrogen-bond acceptors (Lipinski definition) is 4. The molecule has 0 aromatic carbocycles. The van der Waals surface area contributed by atoms with Crippen molar-refractivity contribution < 1.29 is 19.1 Å². The second kappa shape index (κ2) is 6.90. The first-order valence-corrected chi connectivity index (χ1v) is 12.4. The zero-order valence-corrected chi connectivity index (χ0v) is 20.1. The number of carbonyl (C=O) groups is 2. The Balaban J connectivity index is 1.67. The standard InChI is InChI=1S/C26H39NO4/c1-8-14(3)23-26-21(24(29)27(23)7)22(28)20-18(25(6,31-26)16(5)30-26)10-9-17-12-13(2)11-15(4)19(17)20/h9-10,13-21,23H,8,11-12H2,1-7H3/t13-,14-,15+,16-,17-,18-,19+,20+,21+,23-,25-,26+/m0/s1. The molecule has 0 N–H and O–H groups in total. The first-order chi connectivity index (χ1) is 14.6. The predicted molar refractivity (Wildman–Crippen MR) is 118 cm³/mol. The van der Waals surface area contributed by atoms with E-state index in [2.05, 4.69) is 53.7 Å². The van der Waals surface area contributed by atoms with Crippen molar-refractivity contribution in [3.05, 3.63) is 12.2 Å². The quantitative estimate of drug-likeness (QED) is 0.491. The average molecular weight is 430 g/mol. The molecule has 3 aliphatic heterocycles. The van der Waals surface area contributed by atoms with Gasteiger partial charge < -0.3 is 14.4 Å². The van der Waals surface area contributed by atoms with Gasteiger partial charge in [-0.05, 0) is 56.3 Å². The van der Waals surface area contributed by atoms with Gasteiger partial charge in [-0.15, -0.1) is 0 Å². The Bertz CT molecular complexity index is 824. The summed E-state index contributed by atoms with van der Waals surface area (Å²) < 4.78 is 13.5. The molecule has 1 amide bonds. The van der Waals surface area contributed by atoms with E-state index in [1.54, 1.807) is 4.90 Å².